The van der Waals surface area contributed by atoms with Crippen LogP contribution in [0.2, 0.25) is 0 Å². The number of hydrogen-bond acceptors (Lipinski definition) is 7. The number of hydrogen-bond donors (Lipinski definition) is 1. The van der Waals surface area contributed by atoms with Crippen LogP contribution in [0.4, 0.5) is 16.3 Å². The second-order valence-corrected chi connectivity index (χ2v) is 6.39. The van der Waals surface area contributed by atoms with Crippen molar-refractivity contribution in [2.45, 2.75) is 13.0 Å². The number of aromatic nitrogens is 3. The summed E-state index contributed by atoms with van der Waals surface area (Å²) in [4.78, 5) is 29.3. The van der Waals surface area contributed by atoms with Crippen molar-refractivity contribution in [3.8, 4) is 0 Å². The average Bonchev–Trinajstić information content (AvgIpc) is 2.68. The zero-order valence-corrected chi connectivity index (χ0v) is 15.5. The van der Waals surface area contributed by atoms with Gasteiger partial charge in [-0.2, -0.15) is 15.0 Å². The summed E-state index contributed by atoms with van der Waals surface area (Å²) < 4.78 is 19.0. The number of carbonyl (C=O) groups excluding carboxylic acids is 1. The van der Waals surface area contributed by atoms with Crippen LogP contribution in [0.25, 0.3) is 0 Å². The number of halogens is 1. The van der Waals surface area contributed by atoms with E-state index in [0.717, 1.165) is 0 Å². The number of ether oxygens (including phenoxy) is 1. The standard InChI is InChI=1S/C18H23FN6O2/c1-24(2)17-21-15(22-18(23-17)25-7-9-27-10-8-25)12-20-16(26)11-13-5-3-4-6-14(13)19/h3-6H,7-12H2,1-2H3,(H,20,26). The van der Waals surface area contributed by atoms with Crippen molar-refractivity contribution in [2.24, 2.45) is 0 Å². The summed E-state index contributed by atoms with van der Waals surface area (Å²) in [6, 6.07) is 6.23. The van der Waals surface area contributed by atoms with E-state index in [0.29, 0.717) is 49.6 Å². The largest absolute Gasteiger partial charge is 0.378 e. The summed E-state index contributed by atoms with van der Waals surface area (Å²) in [5, 5.41) is 2.75. The number of amides is 1. The number of rotatable bonds is 6. The molecular formula is C18H23FN6O2. The molecule has 0 unspecified atom stereocenters. The Morgan fingerprint density at radius 3 is 2.67 bits per heavy atom. The molecule has 2 heterocycles. The number of morpholine rings is 1. The molecule has 3 rings (SSSR count). The molecule has 27 heavy (non-hydrogen) atoms. The molecule has 1 amide bonds. The maximum Gasteiger partial charge on any atom is 0.230 e. The van der Waals surface area contributed by atoms with Gasteiger partial charge in [-0.05, 0) is 11.6 Å². The van der Waals surface area contributed by atoms with Gasteiger partial charge in [0.05, 0.1) is 26.2 Å². The minimum Gasteiger partial charge on any atom is -0.378 e. The maximum absolute atomic E-state index is 13.7. The molecule has 2 aromatic rings. The zero-order valence-electron chi connectivity index (χ0n) is 15.5. The van der Waals surface area contributed by atoms with E-state index in [4.69, 9.17) is 4.74 Å². The van der Waals surface area contributed by atoms with E-state index in [1.165, 1.54) is 6.07 Å². The van der Waals surface area contributed by atoms with Crippen LogP contribution in [0, 0.1) is 5.82 Å². The highest BCUT2D eigenvalue weighted by Gasteiger charge is 2.17. The molecule has 1 aliphatic rings. The quantitative estimate of drug-likeness (QED) is 0.800. The van der Waals surface area contributed by atoms with Gasteiger partial charge in [0.1, 0.15) is 5.82 Å². The number of anilines is 2. The van der Waals surface area contributed by atoms with Gasteiger partial charge in [-0.1, -0.05) is 18.2 Å². The molecule has 0 radical (unpaired) electrons. The maximum atomic E-state index is 13.7. The molecular weight excluding hydrogens is 351 g/mol. The molecule has 9 heteroatoms. The Kier molecular flexibility index (Phi) is 6.12. The van der Waals surface area contributed by atoms with Gasteiger partial charge in [-0.25, -0.2) is 4.39 Å². The molecule has 1 aromatic carbocycles. The van der Waals surface area contributed by atoms with Gasteiger partial charge in [-0.3, -0.25) is 4.79 Å². The molecule has 0 saturated carbocycles. The third-order valence-electron chi connectivity index (χ3n) is 4.10. The second kappa shape index (κ2) is 8.72. The molecule has 0 aliphatic carbocycles. The van der Waals surface area contributed by atoms with E-state index in [1.807, 2.05) is 19.0 Å². The van der Waals surface area contributed by atoms with E-state index in [9.17, 15) is 9.18 Å². The highest BCUT2D eigenvalue weighted by molar-refractivity contribution is 5.78. The fourth-order valence-corrected chi connectivity index (χ4v) is 2.63. The molecule has 1 N–H and O–H groups in total. The molecule has 0 spiro atoms. The van der Waals surface area contributed by atoms with Gasteiger partial charge >= 0.3 is 0 Å². The first-order valence-corrected chi connectivity index (χ1v) is 8.78. The normalized spacial score (nSPS) is 14.1. The number of benzene rings is 1. The number of nitrogens with zero attached hydrogens (tertiary/aromatic N) is 5. The van der Waals surface area contributed by atoms with Gasteiger partial charge in [0.15, 0.2) is 5.82 Å². The van der Waals surface area contributed by atoms with Crippen LogP contribution in [0.1, 0.15) is 11.4 Å². The van der Waals surface area contributed by atoms with Crippen molar-refractivity contribution in [3.05, 3.63) is 41.5 Å². The van der Waals surface area contributed by atoms with E-state index in [1.54, 1.807) is 23.1 Å². The Labute approximate surface area is 157 Å². The van der Waals surface area contributed by atoms with Crippen LogP contribution in [0.5, 0.6) is 0 Å². The topological polar surface area (TPSA) is 83.5 Å². The third kappa shape index (κ3) is 5.10. The summed E-state index contributed by atoms with van der Waals surface area (Å²) in [5.74, 6) is 0.856. The second-order valence-electron chi connectivity index (χ2n) is 6.39. The van der Waals surface area contributed by atoms with Gasteiger partial charge in [0, 0.05) is 27.2 Å². The molecule has 0 atom stereocenters. The first kappa shape index (κ1) is 19.0. The molecule has 144 valence electrons. The van der Waals surface area contributed by atoms with Crippen molar-refractivity contribution in [1.82, 2.24) is 20.3 Å². The van der Waals surface area contributed by atoms with Crippen molar-refractivity contribution in [3.63, 3.8) is 0 Å². The lowest BCUT2D eigenvalue weighted by atomic mass is 10.1. The minimum absolute atomic E-state index is 0.0331. The van der Waals surface area contributed by atoms with Gasteiger partial charge in [0.25, 0.3) is 0 Å². The van der Waals surface area contributed by atoms with Crippen LogP contribution in [-0.4, -0.2) is 61.3 Å². The van der Waals surface area contributed by atoms with E-state index < -0.39 is 5.82 Å². The van der Waals surface area contributed by atoms with Gasteiger partial charge < -0.3 is 19.9 Å². The van der Waals surface area contributed by atoms with Crippen molar-refractivity contribution >= 4 is 17.8 Å². The minimum atomic E-state index is -0.391. The lowest BCUT2D eigenvalue weighted by molar-refractivity contribution is -0.120. The highest BCUT2D eigenvalue weighted by Crippen LogP contribution is 2.14. The molecule has 0 bridgehead atoms. The molecule has 1 fully saturated rings. The van der Waals surface area contributed by atoms with E-state index in [-0.39, 0.29) is 18.9 Å². The lowest BCUT2D eigenvalue weighted by Crippen LogP contribution is -2.38. The predicted molar refractivity (Wildman–Crippen MR) is 99.1 cm³/mol. The Morgan fingerprint density at radius 2 is 1.96 bits per heavy atom. The summed E-state index contributed by atoms with van der Waals surface area (Å²) >= 11 is 0. The Balaban J connectivity index is 1.68. The summed E-state index contributed by atoms with van der Waals surface area (Å²) in [6.07, 6.45) is -0.0331. The van der Waals surface area contributed by atoms with Crippen molar-refractivity contribution in [1.29, 1.82) is 0 Å². The monoisotopic (exact) mass is 374 g/mol. The first-order valence-electron chi connectivity index (χ1n) is 8.78. The average molecular weight is 374 g/mol. The predicted octanol–water partition coefficient (Wildman–Crippen LogP) is 0.772. The van der Waals surface area contributed by atoms with E-state index >= 15 is 0 Å². The smallest absolute Gasteiger partial charge is 0.230 e. The van der Waals surface area contributed by atoms with Crippen molar-refractivity contribution in [2.75, 3.05) is 50.2 Å². The highest BCUT2D eigenvalue weighted by atomic mass is 19.1. The van der Waals surface area contributed by atoms with Crippen LogP contribution < -0.4 is 15.1 Å². The fraction of sp³-hybridized carbons (Fsp3) is 0.444. The summed E-state index contributed by atoms with van der Waals surface area (Å²) in [6.45, 7) is 2.80. The van der Waals surface area contributed by atoms with Crippen LogP contribution in [0.15, 0.2) is 24.3 Å². The van der Waals surface area contributed by atoms with Crippen molar-refractivity contribution < 1.29 is 13.9 Å². The van der Waals surface area contributed by atoms with Crippen LogP contribution >= 0.6 is 0 Å². The van der Waals surface area contributed by atoms with Gasteiger partial charge in [0.2, 0.25) is 17.8 Å². The summed E-state index contributed by atoms with van der Waals surface area (Å²) in [7, 11) is 3.69. The Morgan fingerprint density at radius 1 is 1.22 bits per heavy atom. The summed E-state index contributed by atoms with van der Waals surface area (Å²) in [5.41, 5.74) is 0.355. The fourth-order valence-electron chi connectivity index (χ4n) is 2.63. The Bertz CT molecular complexity index is 795. The molecule has 8 nitrogen and oxygen atoms in total. The zero-order chi connectivity index (χ0) is 19.2. The third-order valence-corrected chi connectivity index (χ3v) is 4.10. The SMILES string of the molecule is CN(C)c1nc(CNC(=O)Cc2ccccc2F)nc(N2CCOCC2)n1. The lowest BCUT2D eigenvalue weighted by Gasteiger charge is -2.27. The van der Waals surface area contributed by atoms with E-state index in [2.05, 4.69) is 20.3 Å². The number of nitrogens with one attached hydrogen (secondary N) is 1. The van der Waals surface area contributed by atoms with Crippen LogP contribution in [-0.2, 0) is 22.5 Å². The molecule has 1 saturated heterocycles. The van der Waals surface area contributed by atoms with Crippen LogP contribution in [0.3, 0.4) is 0 Å². The van der Waals surface area contributed by atoms with Gasteiger partial charge in [-0.15, -0.1) is 0 Å². The first-order chi connectivity index (χ1) is 13.0. The number of carbonyl (C=O) groups is 1. The molecule has 1 aliphatic heterocycles. The Hall–Kier alpha value is -2.81. The molecule has 1 aromatic heterocycles.